The zero-order valence-corrected chi connectivity index (χ0v) is 23.6. The van der Waals surface area contributed by atoms with Gasteiger partial charge in [-0.2, -0.15) is 0 Å². The molecule has 1 aliphatic heterocycles. The summed E-state index contributed by atoms with van der Waals surface area (Å²) >= 11 is 0. The number of hydrogen-bond acceptors (Lipinski definition) is 7. The molecule has 2 aromatic rings. The molecular weight excluding hydrogens is 518 g/mol. The Bertz CT molecular complexity index is 1460. The van der Waals surface area contributed by atoms with Gasteiger partial charge in [-0.3, -0.25) is 19.1 Å². The van der Waals surface area contributed by atoms with Gasteiger partial charge in [0.15, 0.2) is 0 Å². The quantitative estimate of drug-likeness (QED) is 0.385. The van der Waals surface area contributed by atoms with E-state index in [1.54, 1.807) is 57.2 Å². The van der Waals surface area contributed by atoms with Crippen LogP contribution in [0.4, 0.5) is 17.1 Å². The molecule has 2 N–H and O–H groups in total. The van der Waals surface area contributed by atoms with Gasteiger partial charge in [-0.05, 0) is 67.9 Å². The number of hydrogen-bond donors (Lipinski definition) is 2. The maximum absolute atomic E-state index is 13.8. The molecule has 2 aromatic carbocycles. The third-order valence-electron chi connectivity index (χ3n) is 9.48. The summed E-state index contributed by atoms with van der Waals surface area (Å²) in [7, 11) is -2.65. The molecule has 1 saturated heterocycles. The number of anilines is 3. The number of methoxy groups -OCH3 is 1. The van der Waals surface area contributed by atoms with Gasteiger partial charge in [-0.25, -0.2) is 8.42 Å². The number of carbonyl (C=O) groups is 3. The molecule has 2 saturated carbocycles. The number of Topliss-reactive ketones (excluding diaryl/α,β-unsaturated/α-hetero) is 2. The van der Waals surface area contributed by atoms with Gasteiger partial charge in [0.1, 0.15) is 16.1 Å². The number of sulfonamides is 1. The van der Waals surface area contributed by atoms with Crippen LogP contribution in [0, 0.1) is 16.2 Å². The smallest absolute Gasteiger partial charge is 0.264 e. The average molecular weight is 554 g/mol. The summed E-state index contributed by atoms with van der Waals surface area (Å²) in [4.78, 5) is 41.8. The van der Waals surface area contributed by atoms with Crippen LogP contribution in [0.1, 0.15) is 52.9 Å². The minimum absolute atomic E-state index is 0.00921. The fraction of sp³-hybridized carbons (Fsp3) is 0.483. The van der Waals surface area contributed by atoms with Crippen LogP contribution in [0.15, 0.2) is 47.4 Å². The van der Waals surface area contributed by atoms with Crippen LogP contribution < -0.4 is 19.7 Å². The summed E-state index contributed by atoms with van der Waals surface area (Å²) < 4.78 is 35.5. The number of benzene rings is 2. The summed E-state index contributed by atoms with van der Waals surface area (Å²) in [6.07, 6.45) is 3.71. The van der Waals surface area contributed by atoms with Crippen LogP contribution in [0.2, 0.25) is 0 Å². The average Bonchev–Trinajstić information content (AvgIpc) is 3.20. The van der Waals surface area contributed by atoms with Gasteiger partial charge in [0.2, 0.25) is 17.5 Å². The number of fused-ring (bicyclic) bond motifs is 2. The van der Waals surface area contributed by atoms with E-state index in [-0.39, 0.29) is 17.0 Å². The van der Waals surface area contributed by atoms with Crippen LogP contribution in [-0.2, 0) is 24.4 Å². The van der Waals surface area contributed by atoms with Gasteiger partial charge in [0.05, 0.1) is 18.5 Å². The van der Waals surface area contributed by atoms with Crippen LogP contribution in [0.25, 0.3) is 0 Å². The second kappa shape index (κ2) is 9.36. The lowest BCUT2D eigenvalue weighted by Gasteiger charge is -2.37. The molecule has 0 radical (unpaired) electrons. The molecule has 10 heteroatoms. The molecule has 2 bridgehead atoms. The monoisotopic (exact) mass is 553 g/mol. The molecule has 3 fully saturated rings. The molecule has 2 unspecified atom stereocenters. The van der Waals surface area contributed by atoms with Crippen LogP contribution in [-0.4, -0.2) is 46.1 Å². The molecule has 0 aromatic heterocycles. The zero-order valence-electron chi connectivity index (χ0n) is 22.8. The Morgan fingerprint density at radius 1 is 0.949 bits per heavy atom. The van der Waals surface area contributed by atoms with Gasteiger partial charge in [0, 0.05) is 24.2 Å². The van der Waals surface area contributed by atoms with Gasteiger partial charge >= 0.3 is 0 Å². The minimum Gasteiger partial charge on any atom is -0.495 e. The number of amides is 1. The maximum Gasteiger partial charge on any atom is 0.264 e. The van der Waals surface area contributed by atoms with Crippen molar-refractivity contribution >= 4 is 44.6 Å². The number of ether oxygens (including phenoxy) is 1. The highest BCUT2D eigenvalue weighted by atomic mass is 32.2. The highest BCUT2D eigenvalue weighted by Crippen LogP contribution is 2.69. The second-order valence-electron chi connectivity index (χ2n) is 11.5. The van der Waals surface area contributed by atoms with Crippen molar-refractivity contribution < 1.29 is 27.5 Å². The van der Waals surface area contributed by atoms with E-state index in [1.807, 2.05) is 4.90 Å². The normalized spacial score (nSPS) is 26.0. The van der Waals surface area contributed by atoms with Crippen molar-refractivity contribution in [3.8, 4) is 5.75 Å². The fourth-order valence-electron chi connectivity index (χ4n) is 6.64. The summed E-state index contributed by atoms with van der Waals surface area (Å²) in [6.45, 7) is 6.80. The molecule has 39 heavy (non-hydrogen) atoms. The standard InChI is InChI=1S/C29H35N3O6S/c1-27(2)28(3)14-15-29(27,25(34)24(28)33)26(35)30-19-12-13-21(32-16-8-5-9-17-32)23(18-19)39(36,37)31-20-10-6-7-11-22(20)38-4/h6-7,10-13,18,31H,5,8-9,14-17H2,1-4H3,(H,30,35). The lowest BCUT2D eigenvalue weighted by molar-refractivity contribution is -0.147. The summed E-state index contributed by atoms with van der Waals surface area (Å²) in [6, 6.07) is 11.5. The van der Waals surface area contributed by atoms with E-state index in [9.17, 15) is 22.8 Å². The van der Waals surface area contributed by atoms with Crippen molar-refractivity contribution in [3.63, 3.8) is 0 Å². The van der Waals surface area contributed by atoms with E-state index in [0.717, 1.165) is 32.4 Å². The molecule has 2 atom stereocenters. The Balaban J connectivity index is 1.53. The Hall–Kier alpha value is -3.40. The van der Waals surface area contributed by atoms with Gasteiger partial charge in [-0.15, -0.1) is 0 Å². The number of nitrogens with zero attached hydrogens (tertiary/aromatic N) is 1. The van der Waals surface area contributed by atoms with Crippen LogP contribution in [0.3, 0.4) is 0 Å². The molecule has 2 aliphatic carbocycles. The third kappa shape index (κ3) is 3.94. The summed E-state index contributed by atoms with van der Waals surface area (Å²) in [5, 5.41) is 2.81. The van der Waals surface area contributed by atoms with Crippen LogP contribution in [0.5, 0.6) is 5.75 Å². The summed E-state index contributed by atoms with van der Waals surface area (Å²) in [5.74, 6) is -1.35. The Labute approximate surface area is 229 Å². The molecule has 1 amide bonds. The van der Waals surface area contributed by atoms with Crippen molar-refractivity contribution in [1.29, 1.82) is 0 Å². The molecule has 5 rings (SSSR count). The number of para-hydroxylation sites is 2. The predicted molar refractivity (Wildman–Crippen MR) is 149 cm³/mol. The molecule has 0 spiro atoms. The fourth-order valence-corrected chi connectivity index (χ4v) is 7.97. The van der Waals surface area contributed by atoms with Crippen molar-refractivity contribution in [2.45, 2.75) is 57.8 Å². The first-order valence-corrected chi connectivity index (χ1v) is 14.8. The van der Waals surface area contributed by atoms with Crippen molar-refractivity contribution in [2.75, 3.05) is 35.1 Å². The van der Waals surface area contributed by atoms with E-state index in [1.165, 1.54) is 13.2 Å². The van der Waals surface area contributed by atoms with Gasteiger partial charge in [0.25, 0.3) is 10.0 Å². The van der Waals surface area contributed by atoms with Gasteiger partial charge < -0.3 is 15.0 Å². The molecule has 9 nitrogen and oxygen atoms in total. The second-order valence-corrected chi connectivity index (χ2v) is 13.2. The SMILES string of the molecule is COc1ccccc1NS(=O)(=O)c1cc(NC(=O)C23CCC(C)(C(=O)C2=O)C3(C)C)ccc1N1CCCCC1. The maximum atomic E-state index is 13.8. The van der Waals surface area contributed by atoms with Gasteiger partial charge in [-0.1, -0.05) is 32.9 Å². The van der Waals surface area contributed by atoms with Crippen LogP contribution >= 0.6 is 0 Å². The Kier molecular flexibility index (Phi) is 6.52. The lowest BCUT2D eigenvalue weighted by atomic mass is 9.64. The first-order valence-electron chi connectivity index (χ1n) is 13.3. The molecular formula is C29H35N3O6S. The first-order chi connectivity index (χ1) is 18.4. The molecule has 1 heterocycles. The van der Waals surface area contributed by atoms with E-state index >= 15 is 0 Å². The molecule has 208 valence electrons. The molecule has 3 aliphatic rings. The zero-order chi connectivity index (χ0) is 28.2. The topological polar surface area (TPSA) is 122 Å². The highest BCUT2D eigenvalue weighted by Gasteiger charge is 2.77. The summed E-state index contributed by atoms with van der Waals surface area (Å²) in [5.41, 5.74) is -2.18. The van der Waals surface area contributed by atoms with Crippen molar-refractivity contribution in [2.24, 2.45) is 16.2 Å². The Morgan fingerprint density at radius 3 is 2.28 bits per heavy atom. The van der Waals surface area contributed by atoms with Crippen molar-refractivity contribution in [3.05, 3.63) is 42.5 Å². The largest absolute Gasteiger partial charge is 0.495 e. The lowest BCUT2D eigenvalue weighted by Crippen LogP contribution is -2.47. The predicted octanol–water partition coefficient (Wildman–Crippen LogP) is 4.39. The number of carbonyl (C=O) groups excluding carboxylic acids is 3. The van der Waals surface area contributed by atoms with E-state index < -0.39 is 43.7 Å². The third-order valence-corrected chi connectivity index (χ3v) is 10.9. The van der Waals surface area contributed by atoms with E-state index in [2.05, 4.69) is 10.0 Å². The number of ketones is 2. The Morgan fingerprint density at radius 2 is 1.64 bits per heavy atom. The minimum atomic E-state index is -4.11. The first kappa shape index (κ1) is 27.2. The van der Waals surface area contributed by atoms with E-state index in [4.69, 9.17) is 4.74 Å². The number of nitrogens with one attached hydrogen (secondary N) is 2. The number of rotatable bonds is 7. The highest BCUT2D eigenvalue weighted by molar-refractivity contribution is 7.93. The van der Waals surface area contributed by atoms with E-state index in [0.29, 0.717) is 23.5 Å². The number of piperidine rings is 1. The van der Waals surface area contributed by atoms with Crippen molar-refractivity contribution in [1.82, 2.24) is 0 Å².